The van der Waals surface area contributed by atoms with E-state index in [9.17, 15) is 0 Å². The zero-order chi connectivity index (χ0) is 22.5. The molecule has 0 radical (unpaired) electrons. The number of nitrogen functional groups attached to an aromatic ring is 1. The number of hydrogen-bond donors (Lipinski definition) is 1. The molecule has 3 heteroatoms. The van der Waals surface area contributed by atoms with Gasteiger partial charge in [-0.15, -0.1) is 0 Å². The van der Waals surface area contributed by atoms with Gasteiger partial charge >= 0.3 is 0 Å². The maximum Gasteiger partial charge on any atom is 0.142 e. The fourth-order valence-electron chi connectivity index (χ4n) is 4.74. The molecular weight excluding hydrogens is 404 g/mol. The van der Waals surface area contributed by atoms with E-state index in [4.69, 9.17) is 10.5 Å². The average Bonchev–Trinajstić information content (AvgIpc) is 3.03. The van der Waals surface area contributed by atoms with Gasteiger partial charge in [-0.25, -0.2) is 0 Å². The van der Waals surface area contributed by atoms with Gasteiger partial charge in [-0.1, -0.05) is 91.0 Å². The van der Waals surface area contributed by atoms with E-state index in [1.807, 2.05) is 18.2 Å². The van der Waals surface area contributed by atoms with E-state index < -0.39 is 0 Å². The zero-order valence-electron chi connectivity index (χ0n) is 18.9. The minimum absolute atomic E-state index is 0.276. The van der Waals surface area contributed by atoms with Crippen LogP contribution >= 0.6 is 0 Å². The number of hydrogen-bond acceptors (Lipinski definition) is 3. The lowest BCUT2D eigenvalue weighted by atomic mass is 9.87. The summed E-state index contributed by atoms with van der Waals surface area (Å²) in [4.78, 5) is 2.56. The maximum atomic E-state index is 6.52. The van der Waals surface area contributed by atoms with E-state index in [0.29, 0.717) is 12.3 Å². The zero-order valence-corrected chi connectivity index (χ0v) is 18.9. The Kier molecular flexibility index (Phi) is 6.41. The molecule has 4 aromatic carbocycles. The average molecular weight is 435 g/mol. The lowest BCUT2D eigenvalue weighted by molar-refractivity contribution is 0.268. The predicted molar refractivity (Wildman–Crippen MR) is 135 cm³/mol. The standard InChI is InChI=1S/C30H30N2O/c31-29-19-27-26(18-30(29)33-22-24-12-6-2-7-13-24)16-17-32(20-23-10-4-1-5-11-23)21-28(27)25-14-8-3-9-15-25/h1-15,18-19,28H,16-17,20-22,31H2. The van der Waals surface area contributed by atoms with Gasteiger partial charge in [0.05, 0.1) is 5.69 Å². The van der Waals surface area contributed by atoms with Crippen LogP contribution in [0.3, 0.4) is 0 Å². The monoisotopic (exact) mass is 434 g/mol. The third-order valence-corrected chi connectivity index (χ3v) is 6.47. The quantitative estimate of drug-likeness (QED) is 0.376. The van der Waals surface area contributed by atoms with Crippen molar-refractivity contribution < 1.29 is 4.74 Å². The Morgan fingerprint density at radius 1 is 0.788 bits per heavy atom. The van der Waals surface area contributed by atoms with Crippen LogP contribution in [0.2, 0.25) is 0 Å². The molecule has 0 aromatic heterocycles. The second kappa shape index (κ2) is 9.93. The van der Waals surface area contributed by atoms with Crippen LogP contribution in [0.25, 0.3) is 0 Å². The van der Waals surface area contributed by atoms with E-state index in [1.54, 1.807) is 0 Å². The third kappa shape index (κ3) is 5.10. The molecule has 1 heterocycles. The van der Waals surface area contributed by atoms with Crippen molar-refractivity contribution in [3.8, 4) is 5.75 Å². The molecule has 0 amide bonds. The summed E-state index contributed by atoms with van der Waals surface area (Å²) in [6.07, 6.45) is 0.980. The lowest BCUT2D eigenvalue weighted by Gasteiger charge is -2.26. The number of benzene rings is 4. The smallest absolute Gasteiger partial charge is 0.142 e. The number of ether oxygens (including phenoxy) is 1. The van der Waals surface area contributed by atoms with Gasteiger partial charge in [-0.3, -0.25) is 4.90 Å². The normalized spacial score (nSPS) is 16.1. The van der Waals surface area contributed by atoms with Crippen molar-refractivity contribution in [2.45, 2.75) is 25.5 Å². The van der Waals surface area contributed by atoms with Crippen LogP contribution in [0, 0.1) is 0 Å². The summed E-state index contributed by atoms with van der Waals surface area (Å²) in [5.74, 6) is 1.05. The summed E-state index contributed by atoms with van der Waals surface area (Å²) >= 11 is 0. The molecule has 0 spiro atoms. The van der Waals surface area contributed by atoms with E-state index in [-0.39, 0.29) is 5.92 Å². The maximum absolute atomic E-state index is 6.52. The van der Waals surface area contributed by atoms with Crippen molar-refractivity contribution >= 4 is 5.69 Å². The summed E-state index contributed by atoms with van der Waals surface area (Å²) in [7, 11) is 0. The largest absolute Gasteiger partial charge is 0.487 e. The van der Waals surface area contributed by atoms with E-state index in [2.05, 4.69) is 89.8 Å². The SMILES string of the molecule is Nc1cc2c(cc1OCc1ccccc1)CCN(Cc1ccccc1)CC2c1ccccc1. The Hall–Kier alpha value is -3.56. The van der Waals surface area contributed by atoms with Crippen LogP contribution in [-0.4, -0.2) is 18.0 Å². The highest BCUT2D eigenvalue weighted by Gasteiger charge is 2.26. The molecule has 1 aliphatic rings. The molecule has 0 saturated heterocycles. The Balaban J connectivity index is 1.44. The summed E-state index contributed by atoms with van der Waals surface area (Å²) in [5, 5.41) is 0. The van der Waals surface area contributed by atoms with Gasteiger partial charge in [-0.2, -0.15) is 0 Å². The summed E-state index contributed by atoms with van der Waals surface area (Å²) < 4.78 is 6.15. The molecule has 33 heavy (non-hydrogen) atoms. The molecular formula is C30H30N2O. The van der Waals surface area contributed by atoms with Crippen LogP contribution in [0.5, 0.6) is 5.75 Å². The van der Waals surface area contributed by atoms with Gasteiger partial charge in [0.1, 0.15) is 12.4 Å². The van der Waals surface area contributed by atoms with Crippen molar-refractivity contribution in [2.75, 3.05) is 18.8 Å². The van der Waals surface area contributed by atoms with E-state index in [0.717, 1.165) is 37.4 Å². The molecule has 0 fully saturated rings. The summed E-state index contributed by atoms with van der Waals surface area (Å²) in [5.41, 5.74) is 13.7. The van der Waals surface area contributed by atoms with E-state index in [1.165, 1.54) is 22.3 Å². The first-order chi connectivity index (χ1) is 16.3. The van der Waals surface area contributed by atoms with Gasteiger partial charge in [0.2, 0.25) is 0 Å². The summed E-state index contributed by atoms with van der Waals surface area (Å²) in [6, 6.07) is 36.1. The second-order valence-electron chi connectivity index (χ2n) is 8.80. The molecule has 1 aliphatic heterocycles. The van der Waals surface area contributed by atoms with E-state index >= 15 is 0 Å². The number of fused-ring (bicyclic) bond motifs is 1. The Morgan fingerprint density at radius 2 is 1.42 bits per heavy atom. The first-order valence-electron chi connectivity index (χ1n) is 11.7. The van der Waals surface area contributed by atoms with Gasteiger partial charge in [0.15, 0.2) is 0 Å². The molecule has 166 valence electrons. The molecule has 5 rings (SSSR count). The second-order valence-corrected chi connectivity index (χ2v) is 8.80. The third-order valence-electron chi connectivity index (χ3n) is 6.47. The first-order valence-corrected chi connectivity index (χ1v) is 11.7. The lowest BCUT2D eigenvalue weighted by Crippen LogP contribution is -2.28. The Morgan fingerprint density at radius 3 is 2.12 bits per heavy atom. The van der Waals surface area contributed by atoms with Gasteiger partial charge in [0.25, 0.3) is 0 Å². The van der Waals surface area contributed by atoms with Crippen molar-refractivity contribution in [1.82, 2.24) is 4.90 Å². The molecule has 0 aliphatic carbocycles. The topological polar surface area (TPSA) is 38.5 Å². The van der Waals surface area contributed by atoms with Crippen LogP contribution < -0.4 is 10.5 Å². The van der Waals surface area contributed by atoms with Crippen LogP contribution in [-0.2, 0) is 19.6 Å². The highest BCUT2D eigenvalue weighted by molar-refractivity contribution is 5.59. The molecule has 0 bridgehead atoms. The van der Waals surface area contributed by atoms with Crippen molar-refractivity contribution in [3.05, 3.63) is 131 Å². The minimum atomic E-state index is 0.276. The molecule has 0 saturated carbocycles. The minimum Gasteiger partial charge on any atom is -0.487 e. The molecule has 3 nitrogen and oxygen atoms in total. The molecule has 1 atom stereocenters. The molecule has 4 aromatic rings. The predicted octanol–water partition coefficient (Wildman–Crippen LogP) is 6.04. The van der Waals surface area contributed by atoms with Crippen molar-refractivity contribution in [2.24, 2.45) is 0 Å². The Bertz CT molecular complexity index is 1180. The van der Waals surface area contributed by atoms with Gasteiger partial charge in [-0.05, 0) is 46.4 Å². The Labute approximate surface area is 196 Å². The number of rotatable bonds is 6. The van der Waals surface area contributed by atoms with Crippen LogP contribution in [0.1, 0.15) is 33.7 Å². The highest BCUT2D eigenvalue weighted by atomic mass is 16.5. The molecule has 2 N–H and O–H groups in total. The number of nitrogens with zero attached hydrogens (tertiary/aromatic N) is 1. The summed E-state index contributed by atoms with van der Waals surface area (Å²) in [6.45, 7) is 3.44. The van der Waals surface area contributed by atoms with Gasteiger partial charge < -0.3 is 10.5 Å². The van der Waals surface area contributed by atoms with Gasteiger partial charge in [0, 0.05) is 25.6 Å². The number of nitrogens with two attached hydrogens (primary N) is 1. The van der Waals surface area contributed by atoms with Crippen molar-refractivity contribution in [1.29, 1.82) is 0 Å². The first kappa shape index (κ1) is 21.3. The fraction of sp³-hybridized carbons (Fsp3) is 0.200. The fourth-order valence-corrected chi connectivity index (χ4v) is 4.74. The molecule has 1 unspecified atom stereocenters. The van der Waals surface area contributed by atoms with Crippen LogP contribution in [0.15, 0.2) is 103 Å². The van der Waals surface area contributed by atoms with Crippen LogP contribution in [0.4, 0.5) is 5.69 Å². The number of anilines is 1. The highest BCUT2D eigenvalue weighted by Crippen LogP contribution is 2.37. The van der Waals surface area contributed by atoms with Crippen molar-refractivity contribution in [3.63, 3.8) is 0 Å².